The molecule has 0 aromatic heterocycles. The fraction of sp³-hybridized carbons (Fsp3) is 0. The number of hydrogen-bond acceptors (Lipinski definition) is 0. The summed E-state index contributed by atoms with van der Waals surface area (Å²) in [7, 11) is 0. The molecular weight excluding hydrogens is 139 g/mol. The van der Waals surface area contributed by atoms with Crippen LogP contribution < -0.4 is 0 Å². The van der Waals surface area contributed by atoms with Gasteiger partial charge in [0, 0.05) is 0 Å². The third-order valence-electron chi connectivity index (χ3n) is 0.450. The zero-order valence-corrected chi connectivity index (χ0v) is 5.11. The third kappa shape index (κ3) is 2.27. The molecule has 2 heteroatoms. The van der Waals surface area contributed by atoms with Crippen molar-refractivity contribution in [3.05, 3.63) is 25.1 Å². The minimum Gasteiger partial charge on any atom is -0.144 e. The Labute approximate surface area is 47.0 Å². The molecular formula is C4H6BBr. The molecule has 0 aromatic rings. The van der Waals surface area contributed by atoms with Crippen LogP contribution in [0.15, 0.2) is 25.1 Å². The summed E-state index contributed by atoms with van der Waals surface area (Å²) in [6, 6.07) is 0. The lowest BCUT2D eigenvalue weighted by atomic mass is 9.79. The molecule has 0 saturated carbocycles. The largest absolute Gasteiger partial charge is 0.271 e. The van der Waals surface area contributed by atoms with Crippen molar-refractivity contribution in [2.45, 2.75) is 0 Å². The number of rotatable bonds is 2. The molecule has 0 fully saturated rings. The topological polar surface area (TPSA) is 0 Å². The molecule has 0 unspecified atom stereocenters. The van der Waals surface area contributed by atoms with Gasteiger partial charge in [-0.3, -0.25) is 0 Å². The standard InChI is InChI=1S/C4H6BBr/c1-3-5(6)4-2/h3-4H,1-2H2. The first-order valence-electron chi connectivity index (χ1n) is 1.70. The Morgan fingerprint density at radius 1 is 1.33 bits per heavy atom. The van der Waals surface area contributed by atoms with Gasteiger partial charge in [-0.2, -0.15) is 0 Å². The van der Waals surface area contributed by atoms with E-state index in [1.807, 2.05) is 0 Å². The van der Waals surface area contributed by atoms with Crippen molar-refractivity contribution in [2.24, 2.45) is 0 Å². The molecule has 0 aliphatic heterocycles. The lowest BCUT2D eigenvalue weighted by Gasteiger charge is -1.78. The van der Waals surface area contributed by atoms with Crippen LogP contribution in [0.4, 0.5) is 0 Å². The second-order valence-electron chi connectivity index (χ2n) is 0.916. The molecule has 0 saturated heterocycles. The quantitative estimate of drug-likeness (QED) is 0.519. The highest BCUT2D eigenvalue weighted by Gasteiger charge is 1.90. The molecule has 32 valence electrons. The van der Waals surface area contributed by atoms with Crippen molar-refractivity contribution >= 4 is 21.3 Å². The molecule has 0 aliphatic carbocycles. The summed E-state index contributed by atoms with van der Waals surface area (Å²) in [4.78, 5) is 0. The van der Waals surface area contributed by atoms with Crippen LogP contribution in [0.3, 0.4) is 0 Å². The summed E-state index contributed by atoms with van der Waals surface area (Å²) < 4.78 is 0. The summed E-state index contributed by atoms with van der Waals surface area (Å²) >= 11 is 3.24. The first kappa shape index (κ1) is 6.02. The molecule has 0 nitrogen and oxygen atoms in total. The second-order valence-corrected chi connectivity index (χ2v) is 1.97. The average molecular weight is 145 g/mol. The van der Waals surface area contributed by atoms with Crippen molar-refractivity contribution in [3.8, 4) is 0 Å². The van der Waals surface area contributed by atoms with E-state index in [1.165, 1.54) is 0 Å². The normalized spacial score (nSPS) is 6.83. The molecule has 0 radical (unpaired) electrons. The van der Waals surface area contributed by atoms with Gasteiger partial charge in [0.2, 0.25) is 0 Å². The molecule has 0 bridgehead atoms. The number of halogens is 1. The Kier molecular flexibility index (Phi) is 3.24. The Bertz CT molecular complexity index is 52.6. The van der Waals surface area contributed by atoms with Gasteiger partial charge in [-0.1, -0.05) is 0 Å². The van der Waals surface area contributed by atoms with Gasteiger partial charge in [-0.25, -0.2) is 0 Å². The minimum atomic E-state index is 0.275. The van der Waals surface area contributed by atoms with E-state index in [0.29, 0.717) is 0 Å². The minimum absolute atomic E-state index is 0.275. The predicted molar refractivity (Wildman–Crippen MR) is 35.1 cm³/mol. The van der Waals surface area contributed by atoms with E-state index >= 15 is 0 Å². The van der Waals surface area contributed by atoms with Gasteiger partial charge >= 0.3 is 0 Å². The Balaban J connectivity index is 3.21. The van der Waals surface area contributed by atoms with Crippen LogP contribution in [0.1, 0.15) is 0 Å². The maximum absolute atomic E-state index is 3.51. The van der Waals surface area contributed by atoms with Gasteiger partial charge in [0.1, 0.15) is 0 Å². The Morgan fingerprint density at radius 3 is 1.67 bits per heavy atom. The zero-order valence-electron chi connectivity index (χ0n) is 3.52. The van der Waals surface area contributed by atoms with Gasteiger partial charge in [-0.05, 0) is 0 Å². The van der Waals surface area contributed by atoms with Crippen LogP contribution in [0, 0.1) is 0 Å². The van der Waals surface area contributed by atoms with Crippen LogP contribution >= 0.6 is 15.8 Å². The van der Waals surface area contributed by atoms with Gasteiger partial charge in [0.25, 0.3) is 5.54 Å². The molecule has 0 aliphatic rings. The van der Waals surface area contributed by atoms with Crippen LogP contribution in [0.5, 0.6) is 0 Å². The molecule has 0 spiro atoms. The summed E-state index contributed by atoms with van der Waals surface area (Å²) in [5.74, 6) is 3.54. The van der Waals surface area contributed by atoms with E-state index in [2.05, 4.69) is 28.9 Å². The molecule has 0 aromatic carbocycles. The first-order chi connectivity index (χ1) is 2.81. The lowest BCUT2D eigenvalue weighted by Crippen LogP contribution is -1.87. The van der Waals surface area contributed by atoms with Gasteiger partial charge in [0.05, 0.1) is 0 Å². The van der Waals surface area contributed by atoms with Gasteiger partial charge < -0.3 is 0 Å². The van der Waals surface area contributed by atoms with Crippen molar-refractivity contribution in [2.75, 3.05) is 0 Å². The lowest BCUT2D eigenvalue weighted by molar-refractivity contribution is 2.42. The van der Waals surface area contributed by atoms with E-state index in [4.69, 9.17) is 0 Å². The molecule has 0 rings (SSSR count). The summed E-state index contributed by atoms with van der Waals surface area (Å²) in [6.45, 7) is 7.03. The molecule has 0 heterocycles. The monoisotopic (exact) mass is 144 g/mol. The molecule has 0 N–H and O–H groups in total. The first-order valence-corrected chi connectivity index (χ1v) is 2.62. The van der Waals surface area contributed by atoms with Crippen LogP contribution in [-0.2, 0) is 0 Å². The Hall–Kier alpha value is 0.0249. The average Bonchev–Trinajstić information content (AvgIpc) is 1.65. The van der Waals surface area contributed by atoms with Gasteiger partial charge in [-0.15, -0.1) is 40.9 Å². The van der Waals surface area contributed by atoms with Crippen LogP contribution in [0.2, 0.25) is 0 Å². The fourth-order valence-corrected chi connectivity index (χ4v) is 0.0962. The SMILES string of the molecule is C=CB(Br)C=C. The number of hydrogen-bond donors (Lipinski definition) is 0. The van der Waals surface area contributed by atoms with Crippen molar-refractivity contribution in [1.82, 2.24) is 0 Å². The highest BCUT2D eigenvalue weighted by molar-refractivity contribution is 9.25. The molecule has 6 heavy (non-hydrogen) atoms. The maximum atomic E-state index is 3.51. The van der Waals surface area contributed by atoms with Crippen molar-refractivity contribution < 1.29 is 0 Å². The maximum Gasteiger partial charge on any atom is 0.271 e. The smallest absolute Gasteiger partial charge is 0.144 e. The summed E-state index contributed by atoms with van der Waals surface area (Å²) in [5, 5.41) is 0. The van der Waals surface area contributed by atoms with E-state index < -0.39 is 0 Å². The van der Waals surface area contributed by atoms with Gasteiger partial charge in [0.15, 0.2) is 0 Å². The highest BCUT2D eigenvalue weighted by Crippen LogP contribution is 1.92. The van der Waals surface area contributed by atoms with Crippen LogP contribution in [0.25, 0.3) is 0 Å². The second kappa shape index (κ2) is 3.22. The predicted octanol–water partition coefficient (Wildman–Crippen LogP) is 1.82. The van der Waals surface area contributed by atoms with Crippen LogP contribution in [-0.4, -0.2) is 5.54 Å². The van der Waals surface area contributed by atoms with E-state index in [0.717, 1.165) is 0 Å². The summed E-state index contributed by atoms with van der Waals surface area (Å²) in [5.41, 5.74) is 0.275. The zero-order chi connectivity index (χ0) is 4.99. The third-order valence-corrected chi connectivity index (χ3v) is 1.20. The molecule has 0 amide bonds. The molecule has 0 atom stereocenters. The van der Waals surface area contributed by atoms with Crippen molar-refractivity contribution in [1.29, 1.82) is 0 Å². The Morgan fingerprint density at radius 2 is 1.67 bits per heavy atom. The van der Waals surface area contributed by atoms with E-state index in [9.17, 15) is 0 Å². The highest BCUT2D eigenvalue weighted by atomic mass is 79.9. The fourth-order valence-electron chi connectivity index (χ4n) is 0.0962. The van der Waals surface area contributed by atoms with E-state index in [1.54, 1.807) is 12.0 Å². The van der Waals surface area contributed by atoms with Crippen molar-refractivity contribution in [3.63, 3.8) is 0 Å². The summed E-state index contributed by atoms with van der Waals surface area (Å²) in [6.07, 6.45) is 0. The van der Waals surface area contributed by atoms with E-state index in [-0.39, 0.29) is 5.54 Å².